The summed E-state index contributed by atoms with van der Waals surface area (Å²) >= 11 is 5.09. The molecule has 0 saturated carbocycles. The van der Waals surface area contributed by atoms with Gasteiger partial charge in [-0.3, -0.25) is 9.59 Å². The summed E-state index contributed by atoms with van der Waals surface area (Å²) in [5, 5.41) is -0.522. The topological polar surface area (TPSA) is 43.4 Å². The van der Waals surface area contributed by atoms with Crippen molar-refractivity contribution in [3.05, 3.63) is 35.9 Å². The highest BCUT2D eigenvalue weighted by Gasteiger charge is 2.05. The molecule has 0 spiro atoms. The molecule has 1 aromatic rings. The maximum absolute atomic E-state index is 11.1. The van der Waals surface area contributed by atoms with Crippen LogP contribution in [0.25, 0.3) is 0 Å². The molecule has 15 heavy (non-hydrogen) atoms. The SMILES string of the molecule is O=C(Cl)CCC(=O)OCc1ccccc1. The summed E-state index contributed by atoms with van der Waals surface area (Å²) in [5.41, 5.74) is 0.919. The van der Waals surface area contributed by atoms with Crippen LogP contribution in [0.3, 0.4) is 0 Å². The summed E-state index contributed by atoms with van der Waals surface area (Å²) in [7, 11) is 0. The Hall–Kier alpha value is -1.35. The standard InChI is InChI=1S/C11H11ClO3/c12-10(13)6-7-11(14)15-8-9-4-2-1-3-5-9/h1-5H,6-8H2. The van der Waals surface area contributed by atoms with Crippen LogP contribution in [0.1, 0.15) is 18.4 Å². The van der Waals surface area contributed by atoms with Crippen molar-refractivity contribution < 1.29 is 14.3 Å². The molecule has 0 bridgehead atoms. The van der Waals surface area contributed by atoms with Gasteiger partial charge in [-0.25, -0.2) is 0 Å². The van der Waals surface area contributed by atoms with E-state index in [2.05, 4.69) is 0 Å². The fraction of sp³-hybridized carbons (Fsp3) is 0.273. The number of rotatable bonds is 5. The second kappa shape index (κ2) is 6.19. The van der Waals surface area contributed by atoms with Crippen LogP contribution in [0.4, 0.5) is 0 Å². The average Bonchev–Trinajstić information content (AvgIpc) is 2.25. The molecule has 0 heterocycles. The second-order valence-corrected chi connectivity index (χ2v) is 3.42. The maximum Gasteiger partial charge on any atom is 0.306 e. The van der Waals surface area contributed by atoms with Gasteiger partial charge in [-0.15, -0.1) is 0 Å². The van der Waals surface area contributed by atoms with Gasteiger partial charge in [0.1, 0.15) is 6.61 Å². The predicted octanol–water partition coefficient (Wildman–Crippen LogP) is 2.28. The van der Waals surface area contributed by atoms with Crippen LogP contribution < -0.4 is 0 Å². The van der Waals surface area contributed by atoms with Crippen molar-refractivity contribution in [3.8, 4) is 0 Å². The number of hydrogen-bond donors (Lipinski definition) is 0. The molecule has 80 valence electrons. The predicted molar refractivity (Wildman–Crippen MR) is 56.3 cm³/mol. The molecule has 0 amide bonds. The molecule has 3 nitrogen and oxygen atoms in total. The lowest BCUT2D eigenvalue weighted by atomic mass is 10.2. The second-order valence-electron chi connectivity index (χ2n) is 3.00. The van der Waals surface area contributed by atoms with Crippen LogP contribution >= 0.6 is 11.6 Å². The normalized spacial score (nSPS) is 9.67. The van der Waals surface area contributed by atoms with Crippen LogP contribution in [0.2, 0.25) is 0 Å². The highest BCUT2D eigenvalue weighted by Crippen LogP contribution is 2.03. The van der Waals surface area contributed by atoms with E-state index < -0.39 is 11.2 Å². The van der Waals surface area contributed by atoms with Gasteiger partial charge in [-0.2, -0.15) is 0 Å². The van der Waals surface area contributed by atoms with Crippen molar-refractivity contribution in [2.24, 2.45) is 0 Å². The van der Waals surface area contributed by atoms with E-state index in [0.29, 0.717) is 0 Å². The van der Waals surface area contributed by atoms with Gasteiger partial charge in [-0.1, -0.05) is 30.3 Å². The first kappa shape index (κ1) is 11.7. The van der Waals surface area contributed by atoms with Crippen LogP contribution in [0, 0.1) is 0 Å². The Balaban J connectivity index is 2.26. The van der Waals surface area contributed by atoms with E-state index in [1.807, 2.05) is 30.3 Å². The third kappa shape index (κ3) is 5.18. The Bertz CT molecular complexity index is 335. The summed E-state index contributed by atoms with van der Waals surface area (Å²) in [6.45, 7) is 0.232. The van der Waals surface area contributed by atoms with Crippen molar-refractivity contribution in [2.75, 3.05) is 0 Å². The van der Waals surface area contributed by atoms with Gasteiger partial charge in [0.25, 0.3) is 0 Å². The molecule has 0 fully saturated rings. The van der Waals surface area contributed by atoms with E-state index in [9.17, 15) is 9.59 Å². The summed E-state index contributed by atoms with van der Waals surface area (Å²) in [5.74, 6) is -0.409. The molecule has 0 unspecified atom stereocenters. The monoisotopic (exact) mass is 226 g/mol. The Kier molecular flexibility index (Phi) is 4.84. The fourth-order valence-electron chi connectivity index (χ4n) is 1.01. The van der Waals surface area contributed by atoms with Crippen molar-refractivity contribution >= 4 is 22.8 Å². The van der Waals surface area contributed by atoms with Crippen LogP contribution in [0.15, 0.2) is 30.3 Å². The Morgan fingerprint density at radius 3 is 2.40 bits per heavy atom. The zero-order valence-electron chi connectivity index (χ0n) is 8.11. The fourth-order valence-corrected chi connectivity index (χ4v) is 1.11. The van der Waals surface area contributed by atoms with Gasteiger partial charge in [0.2, 0.25) is 5.24 Å². The lowest BCUT2D eigenvalue weighted by Gasteiger charge is -2.03. The van der Waals surface area contributed by atoms with E-state index in [4.69, 9.17) is 16.3 Å². The number of hydrogen-bond acceptors (Lipinski definition) is 3. The summed E-state index contributed by atoms with van der Waals surface area (Å²) in [4.78, 5) is 21.5. The van der Waals surface area contributed by atoms with E-state index >= 15 is 0 Å². The number of carbonyl (C=O) groups excluding carboxylic acids is 2. The van der Waals surface area contributed by atoms with Gasteiger partial charge >= 0.3 is 5.97 Å². The third-order valence-electron chi connectivity index (χ3n) is 1.77. The van der Waals surface area contributed by atoms with Crippen molar-refractivity contribution in [1.82, 2.24) is 0 Å². The lowest BCUT2D eigenvalue weighted by Crippen LogP contribution is -2.05. The lowest BCUT2D eigenvalue weighted by molar-refractivity contribution is -0.145. The number of halogens is 1. The number of benzene rings is 1. The first-order valence-corrected chi connectivity index (χ1v) is 4.94. The molecule has 1 aromatic carbocycles. The number of ether oxygens (including phenoxy) is 1. The average molecular weight is 227 g/mol. The van der Waals surface area contributed by atoms with Gasteiger partial charge in [0.15, 0.2) is 0 Å². The Morgan fingerprint density at radius 1 is 1.13 bits per heavy atom. The van der Waals surface area contributed by atoms with Gasteiger partial charge in [0.05, 0.1) is 6.42 Å². The van der Waals surface area contributed by atoms with Gasteiger partial charge < -0.3 is 4.74 Å². The number of esters is 1. The van der Waals surface area contributed by atoms with Crippen molar-refractivity contribution in [1.29, 1.82) is 0 Å². The quantitative estimate of drug-likeness (QED) is 0.572. The van der Waals surface area contributed by atoms with Gasteiger partial charge in [-0.05, 0) is 17.2 Å². The van der Waals surface area contributed by atoms with E-state index in [0.717, 1.165) is 5.56 Å². The molecule has 1 rings (SSSR count). The molecule has 0 aliphatic rings. The molecular weight excluding hydrogens is 216 g/mol. The molecule has 0 aromatic heterocycles. The molecular formula is C11H11ClO3. The molecule has 0 saturated heterocycles. The molecule has 0 atom stereocenters. The van der Waals surface area contributed by atoms with Crippen LogP contribution in [-0.4, -0.2) is 11.2 Å². The molecule has 0 N–H and O–H groups in total. The third-order valence-corrected chi connectivity index (χ3v) is 1.96. The molecule has 4 heteroatoms. The Labute approximate surface area is 93.0 Å². The summed E-state index contributed by atoms with van der Waals surface area (Å²) < 4.78 is 4.93. The zero-order chi connectivity index (χ0) is 11.1. The Morgan fingerprint density at radius 2 is 1.80 bits per heavy atom. The first-order valence-electron chi connectivity index (χ1n) is 4.56. The summed E-state index contributed by atoms with van der Waals surface area (Å²) in [6.07, 6.45) is 0.0599. The van der Waals surface area contributed by atoms with E-state index in [1.165, 1.54) is 0 Å². The van der Waals surface area contributed by atoms with Crippen molar-refractivity contribution in [2.45, 2.75) is 19.4 Å². The molecule has 0 aliphatic heterocycles. The smallest absolute Gasteiger partial charge is 0.306 e. The molecule has 0 aliphatic carbocycles. The highest BCUT2D eigenvalue weighted by molar-refractivity contribution is 6.63. The van der Waals surface area contributed by atoms with Crippen molar-refractivity contribution in [3.63, 3.8) is 0 Å². The first-order chi connectivity index (χ1) is 7.18. The van der Waals surface area contributed by atoms with Crippen LogP contribution in [-0.2, 0) is 20.9 Å². The highest BCUT2D eigenvalue weighted by atomic mass is 35.5. The van der Waals surface area contributed by atoms with Gasteiger partial charge in [0, 0.05) is 6.42 Å². The minimum absolute atomic E-state index is 0.0230. The molecule has 0 radical (unpaired) electrons. The zero-order valence-corrected chi connectivity index (χ0v) is 8.87. The van der Waals surface area contributed by atoms with E-state index in [1.54, 1.807) is 0 Å². The maximum atomic E-state index is 11.1. The number of carbonyl (C=O) groups is 2. The van der Waals surface area contributed by atoms with Crippen LogP contribution in [0.5, 0.6) is 0 Å². The minimum atomic E-state index is -0.522. The largest absolute Gasteiger partial charge is 0.461 e. The van der Waals surface area contributed by atoms with E-state index in [-0.39, 0.29) is 19.4 Å². The minimum Gasteiger partial charge on any atom is -0.461 e. The summed E-state index contributed by atoms with van der Waals surface area (Å²) in [6, 6.07) is 9.34.